The third-order valence-corrected chi connectivity index (χ3v) is 7.28. The first-order valence-corrected chi connectivity index (χ1v) is 14.6. The molecule has 2 N–H and O–H groups in total. The zero-order valence-corrected chi connectivity index (χ0v) is 25.9. The van der Waals surface area contributed by atoms with E-state index in [0.29, 0.717) is 43.1 Å². The fourth-order valence-corrected chi connectivity index (χ4v) is 4.97. The molecule has 0 aromatic carbocycles. The summed E-state index contributed by atoms with van der Waals surface area (Å²) in [5, 5.41) is 16.7. The number of rotatable bonds is 10. The molecule has 4 heterocycles. The molecule has 1 fully saturated rings. The summed E-state index contributed by atoms with van der Waals surface area (Å²) < 4.78 is 77.8. The van der Waals surface area contributed by atoms with E-state index >= 15 is 0 Å². The van der Waals surface area contributed by atoms with Crippen molar-refractivity contribution in [1.82, 2.24) is 39.7 Å². The SMILES string of the molecule is COc1ncc(-c2cnc(N(C(=O)OCC(C)(C)O)C3CCC(Nc4ncc(C(F)(F)F)c(-c5ccn(C(F)F)n5)n4)CC3)cn2)cn1. The Hall–Kier alpha value is -5.07. The molecule has 1 aliphatic carbocycles. The van der Waals surface area contributed by atoms with Crippen molar-refractivity contribution in [2.45, 2.75) is 69.9 Å². The summed E-state index contributed by atoms with van der Waals surface area (Å²) in [4.78, 5) is 39.4. The fourth-order valence-electron chi connectivity index (χ4n) is 4.97. The number of hydrogen-bond acceptors (Lipinski definition) is 12. The molecule has 0 spiro atoms. The second-order valence-corrected chi connectivity index (χ2v) is 11.5. The topological polar surface area (TPSA) is 166 Å². The Kier molecular flexibility index (Phi) is 9.97. The molecule has 0 atom stereocenters. The molecule has 0 aliphatic heterocycles. The minimum absolute atomic E-state index is 0.140. The van der Waals surface area contributed by atoms with Crippen molar-refractivity contribution in [2.24, 2.45) is 0 Å². The number of methoxy groups -OCH3 is 1. The van der Waals surface area contributed by atoms with Gasteiger partial charge in [-0.3, -0.25) is 9.88 Å². The lowest BCUT2D eigenvalue weighted by atomic mass is 9.90. The van der Waals surface area contributed by atoms with Crippen molar-refractivity contribution in [1.29, 1.82) is 0 Å². The van der Waals surface area contributed by atoms with E-state index in [1.807, 2.05) is 0 Å². The molecule has 1 aliphatic rings. The number of halogens is 5. The number of anilines is 2. The van der Waals surface area contributed by atoms with Crippen LogP contribution in [0, 0.1) is 0 Å². The first-order chi connectivity index (χ1) is 22.7. The second-order valence-electron chi connectivity index (χ2n) is 11.5. The zero-order chi connectivity index (χ0) is 34.6. The molecule has 48 heavy (non-hydrogen) atoms. The van der Waals surface area contributed by atoms with Gasteiger partial charge < -0.3 is 19.9 Å². The summed E-state index contributed by atoms with van der Waals surface area (Å²) in [6.07, 6.45) is 3.43. The highest BCUT2D eigenvalue weighted by molar-refractivity contribution is 5.87. The summed E-state index contributed by atoms with van der Waals surface area (Å²) in [6.45, 7) is -0.336. The Labute approximate surface area is 270 Å². The number of nitrogens with one attached hydrogen (secondary N) is 1. The lowest BCUT2D eigenvalue weighted by Gasteiger charge is -2.36. The molecular weight excluding hydrogens is 647 g/mol. The average molecular weight is 679 g/mol. The van der Waals surface area contributed by atoms with E-state index in [-0.39, 0.29) is 40.8 Å². The summed E-state index contributed by atoms with van der Waals surface area (Å²) in [6, 6.07) is 0.484. The maximum absolute atomic E-state index is 13.7. The molecule has 1 saturated carbocycles. The Morgan fingerprint density at radius 2 is 1.73 bits per heavy atom. The monoisotopic (exact) mass is 678 g/mol. The van der Waals surface area contributed by atoms with E-state index in [2.05, 4.69) is 40.3 Å². The Bertz CT molecular complexity index is 1690. The van der Waals surface area contributed by atoms with Gasteiger partial charge in [-0.25, -0.2) is 34.4 Å². The zero-order valence-electron chi connectivity index (χ0n) is 25.9. The summed E-state index contributed by atoms with van der Waals surface area (Å²) >= 11 is 0. The molecule has 0 bridgehead atoms. The predicted molar refractivity (Wildman–Crippen MR) is 159 cm³/mol. The normalized spacial score (nSPS) is 16.9. The highest BCUT2D eigenvalue weighted by Gasteiger charge is 2.37. The number of alkyl halides is 5. The van der Waals surface area contributed by atoms with Gasteiger partial charge in [0.25, 0.3) is 0 Å². The van der Waals surface area contributed by atoms with Crippen LogP contribution in [0.15, 0.2) is 43.2 Å². The second kappa shape index (κ2) is 14.0. The molecular formula is C29H31F5N10O4. The van der Waals surface area contributed by atoms with Gasteiger partial charge in [0.05, 0.1) is 30.8 Å². The van der Waals surface area contributed by atoms with Gasteiger partial charge in [0.15, 0.2) is 5.82 Å². The quantitative estimate of drug-likeness (QED) is 0.212. The molecule has 14 nitrogen and oxygen atoms in total. The van der Waals surface area contributed by atoms with Gasteiger partial charge in [-0.2, -0.15) is 27.1 Å². The molecule has 1 amide bonds. The smallest absolute Gasteiger partial charge is 0.420 e. The molecule has 0 unspecified atom stereocenters. The largest absolute Gasteiger partial charge is 0.467 e. The Balaban J connectivity index is 1.32. The van der Waals surface area contributed by atoms with Crippen molar-refractivity contribution in [3.63, 3.8) is 0 Å². The molecule has 4 aromatic rings. The van der Waals surface area contributed by atoms with E-state index in [9.17, 15) is 31.9 Å². The maximum atomic E-state index is 13.7. The summed E-state index contributed by atoms with van der Waals surface area (Å²) in [7, 11) is 1.44. The van der Waals surface area contributed by atoms with Gasteiger partial charge in [0.2, 0.25) is 5.95 Å². The first kappa shape index (κ1) is 34.3. The number of aliphatic hydroxyl groups is 1. The number of amides is 1. The Morgan fingerprint density at radius 3 is 2.29 bits per heavy atom. The van der Waals surface area contributed by atoms with Crippen molar-refractivity contribution in [3.8, 4) is 28.7 Å². The van der Waals surface area contributed by atoms with Gasteiger partial charge in [-0.1, -0.05) is 0 Å². The lowest BCUT2D eigenvalue weighted by Crippen LogP contribution is -2.46. The summed E-state index contributed by atoms with van der Waals surface area (Å²) in [5.41, 5.74) is -2.53. The van der Waals surface area contributed by atoms with Crippen LogP contribution >= 0.6 is 0 Å². The Morgan fingerprint density at radius 1 is 1.02 bits per heavy atom. The standard InChI is InChI=1S/C29H31F5N10O4/c1-28(2,46)15-48-27(45)44(22-14-35-21(13-36-22)16-10-38-26(47-3)39-11-16)18-6-4-17(5-7-18)40-25-37-12-19(29(32,33)34)23(41-25)20-8-9-43(42-20)24(30)31/h8-14,17-18,24,46H,4-7,15H2,1-3H3,(H,37,40,41). The van der Waals surface area contributed by atoms with Crippen molar-refractivity contribution >= 4 is 17.9 Å². The van der Waals surface area contributed by atoms with Gasteiger partial charge in [-0.05, 0) is 45.6 Å². The van der Waals surface area contributed by atoms with E-state index in [0.717, 1.165) is 12.3 Å². The number of carbonyl (C=O) groups is 1. The van der Waals surface area contributed by atoms with Crippen molar-refractivity contribution < 1.29 is 41.3 Å². The van der Waals surface area contributed by atoms with Crippen LogP contribution in [0.1, 0.15) is 51.6 Å². The van der Waals surface area contributed by atoms with E-state index in [1.54, 1.807) is 0 Å². The van der Waals surface area contributed by atoms with Gasteiger partial charge in [-0.15, -0.1) is 0 Å². The van der Waals surface area contributed by atoms with Gasteiger partial charge in [0, 0.05) is 42.4 Å². The number of hydrogen-bond donors (Lipinski definition) is 2. The highest BCUT2D eigenvalue weighted by atomic mass is 19.4. The van der Waals surface area contributed by atoms with Crippen LogP contribution in [0.2, 0.25) is 0 Å². The first-order valence-electron chi connectivity index (χ1n) is 14.6. The maximum Gasteiger partial charge on any atom is 0.420 e. The summed E-state index contributed by atoms with van der Waals surface area (Å²) in [5.74, 6) is 0.0581. The van der Waals surface area contributed by atoms with Crippen molar-refractivity contribution in [2.75, 3.05) is 23.9 Å². The van der Waals surface area contributed by atoms with E-state index in [4.69, 9.17) is 9.47 Å². The molecule has 256 valence electrons. The average Bonchev–Trinajstić information content (AvgIpc) is 3.55. The van der Waals surface area contributed by atoms with Crippen LogP contribution in [-0.2, 0) is 10.9 Å². The number of nitrogens with zero attached hydrogens (tertiary/aromatic N) is 9. The van der Waals surface area contributed by atoms with Crippen LogP contribution < -0.4 is 15.0 Å². The minimum atomic E-state index is -4.85. The van der Waals surface area contributed by atoms with Crippen molar-refractivity contribution in [3.05, 3.63) is 48.8 Å². The van der Waals surface area contributed by atoms with Crippen LogP contribution in [0.4, 0.5) is 38.5 Å². The van der Waals surface area contributed by atoms with Crippen LogP contribution in [0.3, 0.4) is 0 Å². The number of ether oxygens (including phenoxy) is 2. The van der Waals surface area contributed by atoms with E-state index in [1.165, 1.54) is 50.6 Å². The minimum Gasteiger partial charge on any atom is -0.467 e. The molecule has 0 saturated heterocycles. The third kappa shape index (κ3) is 8.25. The molecule has 0 radical (unpaired) electrons. The molecule has 4 aromatic heterocycles. The van der Waals surface area contributed by atoms with Crippen LogP contribution in [-0.4, -0.2) is 82.3 Å². The van der Waals surface area contributed by atoms with Crippen LogP contribution in [0.25, 0.3) is 22.6 Å². The number of carbonyl (C=O) groups excluding carboxylic acids is 1. The van der Waals surface area contributed by atoms with Crippen LogP contribution in [0.5, 0.6) is 6.01 Å². The van der Waals surface area contributed by atoms with Gasteiger partial charge >= 0.3 is 24.8 Å². The molecule has 19 heteroatoms. The predicted octanol–water partition coefficient (Wildman–Crippen LogP) is 5.15. The fraction of sp³-hybridized carbons (Fsp3) is 0.448. The highest BCUT2D eigenvalue weighted by Crippen LogP contribution is 2.36. The third-order valence-electron chi connectivity index (χ3n) is 7.28. The van der Waals surface area contributed by atoms with Gasteiger partial charge in [0.1, 0.15) is 23.6 Å². The van der Waals surface area contributed by atoms with E-state index < -0.39 is 41.7 Å². The lowest BCUT2D eigenvalue weighted by molar-refractivity contribution is -0.137. The number of aromatic nitrogens is 8. The molecule has 5 rings (SSSR count).